The van der Waals surface area contributed by atoms with Crippen molar-refractivity contribution in [3.63, 3.8) is 0 Å². The van der Waals surface area contributed by atoms with Crippen LogP contribution in [0.5, 0.6) is 0 Å². The highest BCUT2D eigenvalue weighted by molar-refractivity contribution is 5.94. The van der Waals surface area contributed by atoms with Gasteiger partial charge in [-0.15, -0.1) is 6.58 Å². The Morgan fingerprint density at radius 3 is 2.57 bits per heavy atom. The zero-order valence-electron chi connectivity index (χ0n) is 12.3. The first-order chi connectivity index (χ1) is 10.1. The number of hydrogen-bond donors (Lipinski definition) is 2. The van der Waals surface area contributed by atoms with Crippen molar-refractivity contribution in [1.29, 1.82) is 0 Å². The molecule has 1 aromatic rings. The van der Waals surface area contributed by atoms with Crippen LogP contribution < -0.4 is 10.6 Å². The van der Waals surface area contributed by atoms with Gasteiger partial charge in [-0.2, -0.15) is 0 Å². The Labute approximate surface area is 125 Å². The molecule has 0 aliphatic rings. The van der Waals surface area contributed by atoms with Crippen molar-refractivity contribution in [3.05, 3.63) is 48.6 Å². The predicted octanol–water partition coefficient (Wildman–Crippen LogP) is 1.51. The molecule has 0 spiro atoms. The summed E-state index contributed by atoms with van der Waals surface area (Å²) in [4.78, 5) is 23.4. The first-order valence-electron chi connectivity index (χ1n) is 6.98. The Hall–Kier alpha value is -2.14. The fourth-order valence-electron chi connectivity index (χ4n) is 1.60. The molecule has 0 saturated heterocycles. The molecule has 1 atom stereocenters. The molecule has 5 nitrogen and oxygen atoms in total. The molecule has 2 N–H and O–H groups in total. The number of carbonyl (C=O) groups excluding carboxylic acids is 2. The number of benzene rings is 1. The third kappa shape index (κ3) is 6.72. The van der Waals surface area contributed by atoms with Crippen LogP contribution in [-0.4, -0.2) is 37.6 Å². The van der Waals surface area contributed by atoms with E-state index in [1.165, 1.54) is 0 Å². The summed E-state index contributed by atoms with van der Waals surface area (Å²) in [5.41, 5.74) is 0.602. The van der Waals surface area contributed by atoms with Crippen LogP contribution in [0.3, 0.4) is 0 Å². The summed E-state index contributed by atoms with van der Waals surface area (Å²) < 4.78 is 5.32. The van der Waals surface area contributed by atoms with Gasteiger partial charge in [-0.05, 0) is 25.5 Å². The molecule has 0 aromatic heterocycles. The van der Waals surface area contributed by atoms with E-state index < -0.39 is 6.10 Å². The van der Waals surface area contributed by atoms with E-state index >= 15 is 0 Å². The molecule has 0 heterocycles. The summed E-state index contributed by atoms with van der Waals surface area (Å²) in [7, 11) is 0. The molecular formula is C16H22N2O3. The normalized spacial score (nSPS) is 11.5. The highest BCUT2D eigenvalue weighted by atomic mass is 16.5. The van der Waals surface area contributed by atoms with Crippen LogP contribution in [0, 0.1) is 0 Å². The molecule has 21 heavy (non-hydrogen) atoms. The van der Waals surface area contributed by atoms with E-state index in [0.717, 1.165) is 0 Å². The molecule has 0 fully saturated rings. The molecule has 0 aliphatic heterocycles. The van der Waals surface area contributed by atoms with Crippen LogP contribution in [0.1, 0.15) is 23.7 Å². The Balaban J connectivity index is 2.17. The van der Waals surface area contributed by atoms with Crippen LogP contribution >= 0.6 is 0 Å². The maximum absolute atomic E-state index is 11.7. The summed E-state index contributed by atoms with van der Waals surface area (Å²) in [5, 5.41) is 5.45. The fourth-order valence-corrected chi connectivity index (χ4v) is 1.60. The second-order valence-corrected chi connectivity index (χ2v) is 4.50. The van der Waals surface area contributed by atoms with Crippen molar-refractivity contribution in [2.24, 2.45) is 0 Å². The molecule has 1 unspecified atom stereocenters. The highest BCUT2D eigenvalue weighted by Crippen LogP contribution is 1.97. The minimum atomic E-state index is -0.505. The summed E-state index contributed by atoms with van der Waals surface area (Å²) in [6, 6.07) is 8.94. The number of amides is 2. The molecule has 1 rings (SSSR count). The van der Waals surface area contributed by atoms with Crippen LogP contribution in [0.2, 0.25) is 0 Å². The van der Waals surface area contributed by atoms with Gasteiger partial charge in [-0.3, -0.25) is 9.59 Å². The van der Waals surface area contributed by atoms with Crippen molar-refractivity contribution >= 4 is 11.8 Å². The lowest BCUT2D eigenvalue weighted by atomic mass is 10.2. The van der Waals surface area contributed by atoms with Gasteiger partial charge in [-0.1, -0.05) is 24.3 Å². The Kier molecular flexibility index (Phi) is 7.82. The average molecular weight is 290 g/mol. The molecule has 5 heteroatoms. The predicted molar refractivity (Wildman–Crippen MR) is 82.0 cm³/mol. The molecule has 1 aromatic carbocycles. The van der Waals surface area contributed by atoms with Gasteiger partial charge >= 0.3 is 0 Å². The number of rotatable bonds is 9. The third-order valence-electron chi connectivity index (χ3n) is 2.80. The largest absolute Gasteiger partial charge is 0.368 e. The maximum atomic E-state index is 11.7. The van der Waals surface area contributed by atoms with E-state index in [2.05, 4.69) is 17.2 Å². The number of ether oxygens (including phenoxy) is 1. The molecule has 2 amide bonds. The lowest BCUT2D eigenvalue weighted by Crippen LogP contribution is -2.39. The highest BCUT2D eigenvalue weighted by Gasteiger charge is 2.12. The molecule has 114 valence electrons. The van der Waals surface area contributed by atoms with Gasteiger partial charge in [0.25, 0.3) is 5.91 Å². The van der Waals surface area contributed by atoms with Crippen molar-refractivity contribution in [1.82, 2.24) is 10.6 Å². The van der Waals surface area contributed by atoms with Crippen molar-refractivity contribution in [2.45, 2.75) is 19.4 Å². The van der Waals surface area contributed by atoms with Crippen LogP contribution in [0.15, 0.2) is 43.0 Å². The number of nitrogens with one attached hydrogen (secondary N) is 2. The summed E-state index contributed by atoms with van der Waals surface area (Å²) >= 11 is 0. The number of carbonyl (C=O) groups is 2. The van der Waals surface area contributed by atoms with Crippen molar-refractivity contribution < 1.29 is 14.3 Å². The molecular weight excluding hydrogens is 268 g/mol. The molecule has 0 aliphatic carbocycles. The van der Waals surface area contributed by atoms with E-state index in [-0.39, 0.29) is 11.8 Å². The van der Waals surface area contributed by atoms with Gasteiger partial charge in [0.2, 0.25) is 5.91 Å². The van der Waals surface area contributed by atoms with Gasteiger partial charge < -0.3 is 15.4 Å². The van der Waals surface area contributed by atoms with Gasteiger partial charge in [0.15, 0.2) is 0 Å². The second-order valence-electron chi connectivity index (χ2n) is 4.50. The van der Waals surface area contributed by atoms with Crippen LogP contribution in [0.4, 0.5) is 0 Å². The van der Waals surface area contributed by atoms with Gasteiger partial charge in [-0.25, -0.2) is 0 Å². The van der Waals surface area contributed by atoms with Gasteiger partial charge in [0.1, 0.15) is 6.10 Å². The van der Waals surface area contributed by atoms with Crippen LogP contribution in [-0.2, 0) is 9.53 Å². The third-order valence-corrected chi connectivity index (χ3v) is 2.80. The van der Waals surface area contributed by atoms with E-state index in [4.69, 9.17) is 4.74 Å². The Bertz CT molecular complexity index is 460. The second kappa shape index (κ2) is 9.72. The topological polar surface area (TPSA) is 67.4 Å². The first-order valence-corrected chi connectivity index (χ1v) is 6.98. The molecule has 0 bridgehead atoms. The summed E-state index contributed by atoms with van der Waals surface area (Å²) in [6.07, 6.45) is 1.95. The lowest BCUT2D eigenvalue weighted by Gasteiger charge is -2.13. The zero-order valence-corrected chi connectivity index (χ0v) is 12.3. The van der Waals surface area contributed by atoms with Crippen molar-refractivity contribution in [2.75, 3.05) is 19.7 Å². The SMILES string of the molecule is C=CCCOC(C)C(=O)NCCNC(=O)c1ccccc1. The van der Waals surface area contributed by atoms with E-state index in [1.54, 1.807) is 37.3 Å². The Morgan fingerprint density at radius 1 is 1.24 bits per heavy atom. The standard InChI is InChI=1S/C16H22N2O3/c1-3-4-12-21-13(2)15(19)17-10-11-18-16(20)14-8-6-5-7-9-14/h3,5-9,13H,1,4,10-12H2,2H3,(H,17,19)(H,18,20). The van der Waals surface area contributed by atoms with E-state index in [0.29, 0.717) is 31.7 Å². The smallest absolute Gasteiger partial charge is 0.251 e. The lowest BCUT2D eigenvalue weighted by molar-refractivity contribution is -0.131. The maximum Gasteiger partial charge on any atom is 0.251 e. The summed E-state index contributed by atoms with van der Waals surface area (Å²) in [5.74, 6) is -0.340. The minimum absolute atomic E-state index is 0.153. The van der Waals surface area contributed by atoms with Crippen molar-refractivity contribution in [3.8, 4) is 0 Å². The average Bonchev–Trinajstić information content (AvgIpc) is 2.52. The van der Waals surface area contributed by atoms with Crippen LogP contribution in [0.25, 0.3) is 0 Å². The molecule has 0 saturated carbocycles. The summed E-state index contributed by atoms with van der Waals surface area (Å²) in [6.45, 7) is 6.50. The quantitative estimate of drug-likeness (QED) is 0.535. The van der Waals surface area contributed by atoms with E-state index in [1.807, 2.05) is 6.07 Å². The zero-order chi connectivity index (χ0) is 15.5. The monoisotopic (exact) mass is 290 g/mol. The number of hydrogen-bond acceptors (Lipinski definition) is 3. The Morgan fingerprint density at radius 2 is 1.90 bits per heavy atom. The van der Waals surface area contributed by atoms with Gasteiger partial charge in [0, 0.05) is 18.7 Å². The first kappa shape index (κ1) is 16.9. The fraction of sp³-hybridized carbons (Fsp3) is 0.375. The van der Waals surface area contributed by atoms with Gasteiger partial charge in [0.05, 0.1) is 6.61 Å². The van der Waals surface area contributed by atoms with E-state index in [9.17, 15) is 9.59 Å². The minimum Gasteiger partial charge on any atom is -0.368 e. The molecule has 0 radical (unpaired) electrons.